The zero-order chi connectivity index (χ0) is 10.3. The van der Waals surface area contributed by atoms with Gasteiger partial charge in [0.05, 0.1) is 5.38 Å². The van der Waals surface area contributed by atoms with Crippen molar-refractivity contribution in [2.24, 2.45) is 11.8 Å². The monoisotopic (exact) mass is 211 g/mol. The first-order valence-electron chi connectivity index (χ1n) is 4.53. The Labute approximate surface area is 87.3 Å². The number of nitrogens with zero attached hydrogens (tertiary/aromatic N) is 1. The van der Waals surface area contributed by atoms with Crippen LogP contribution in [0.4, 0.5) is 0 Å². The van der Waals surface area contributed by atoms with Gasteiger partial charge >= 0.3 is 5.97 Å². The van der Waals surface area contributed by atoms with E-state index in [0.29, 0.717) is 0 Å². The molecule has 0 saturated heterocycles. The highest BCUT2D eigenvalue weighted by atomic mass is 35.5. The van der Waals surface area contributed by atoms with Crippen LogP contribution in [0.5, 0.6) is 0 Å². The van der Waals surface area contributed by atoms with E-state index in [-0.39, 0.29) is 11.8 Å². The van der Waals surface area contributed by atoms with Gasteiger partial charge in [0.15, 0.2) is 0 Å². The molecule has 2 rings (SSSR count). The lowest BCUT2D eigenvalue weighted by atomic mass is 9.62. The number of esters is 1. The molecule has 0 N–H and O–H groups in total. The van der Waals surface area contributed by atoms with E-state index in [0.717, 1.165) is 6.42 Å². The topological polar surface area (TPSA) is 50.1 Å². The third kappa shape index (κ3) is 1.01. The molecule has 4 heteroatoms. The largest absolute Gasteiger partial charge is 0.442 e. The van der Waals surface area contributed by atoms with Crippen LogP contribution in [0, 0.1) is 23.2 Å². The van der Waals surface area contributed by atoms with Crippen LogP contribution >= 0.6 is 11.6 Å². The highest BCUT2D eigenvalue weighted by Gasteiger charge is 2.65. The van der Waals surface area contributed by atoms with E-state index in [9.17, 15) is 4.79 Å². The second-order valence-corrected chi connectivity index (χ2v) is 4.22. The Morgan fingerprint density at radius 2 is 2.50 bits per heavy atom. The van der Waals surface area contributed by atoms with Gasteiger partial charge in [0.2, 0.25) is 5.60 Å². The van der Waals surface area contributed by atoms with E-state index >= 15 is 0 Å². The molecule has 74 valence electrons. The summed E-state index contributed by atoms with van der Waals surface area (Å²) < 4.78 is 5.08. The van der Waals surface area contributed by atoms with Crippen LogP contribution in [0.1, 0.15) is 13.3 Å². The lowest BCUT2D eigenvalue weighted by molar-refractivity contribution is -0.170. The van der Waals surface area contributed by atoms with E-state index in [1.54, 1.807) is 0 Å². The molecule has 0 heterocycles. The van der Waals surface area contributed by atoms with Crippen LogP contribution in [0.2, 0.25) is 0 Å². The van der Waals surface area contributed by atoms with Crippen molar-refractivity contribution in [2.45, 2.75) is 24.3 Å². The highest BCUT2D eigenvalue weighted by Crippen LogP contribution is 2.55. The van der Waals surface area contributed by atoms with Crippen LogP contribution in [0.3, 0.4) is 0 Å². The van der Waals surface area contributed by atoms with Gasteiger partial charge in [-0.1, -0.05) is 12.2 Å². The average Bonchev–Trinajstić information content (AvgIpc) is 2.59. The number of rotatable bonds is 1. The van der Waals surface area contributed by atoms with Gasteiger partial charge in [-0.15, -0.1) is 11.6 Å². The molecule has 0 radical (unpaired) electrons. The first-order valence-corrected chi connectivity index (χ1v) is 4.97. The predicted molar refractivity (Wildman–Crippen MR) is 50.5 cm³/mol. The number of halogens is 1. The Hall–Kier alpha value is -1.01. The van der Waals surface area contributed by atoms with Crippen LogP contribution in [0.15, 0.2) is 12.2 Å². The number of nitriles is 1. The lowest BCUT2D eigenvalue weighted by Gasteiger charge is -2.50. The number of hydrogen-bond acceptors (Lipinski definition) is 3. The van der Waals surface area contributed by atoms with Gasteiger partial charge < -0.3 is 4.74 Å². The minimum absolute atomic E-state index is 0.0545. The van der Waals surface area contributed by atoms with E-state index in [1.807, 2.05) is 12.2 Å². The Morgan fingerprint density at radius 3 is 3.07 bits per heavy atom. The number of carbonyl (C=O) groups is 1. The van der Waals surface area contributed by atoms with Crippen LogP contribution < -0.4 is 0 Å². The molecule has 2 aliphatic carbocycles. The Kier molecular flexibility index (Phi) is 2.04. The third-order valence-electron chi connectivity index (χ3n) is 3.00. The molecule has 0 aromatic rings. The minimum atomic E-state index is -1.10. The van der Waals surface area contributed by atoms with Crippen molar-refractivity contribution in [3.8, 4) is 6.07 Å². The number of allylic oxidation sites excluding steroid dienone is 2. The summed E-state index contributed by atoms with van der Waals surface area (Å²) in [5.41, 5.74) is -1.10. The van der Waals surface area contributed by atoms with E-state index in [4.69, 9.17) is 21.6 Å². The van der Waals surface area contributed by atoms with Crippen molar-refractivity contribution in [1.29, 1.82) is 5.26 Å². The fraction of sp³-hybridized carbons (Fsp3) is 0.600. The lowest BCUT2D eigenvalue weighted by Crippen LogP contribution is -2.63. The standard InChI is InChI=1S/C10H10ClNO2/c1-6(13)14-10(5-12)8-4-2-3-7(8)9(10)11/h2-3,7-9H,4H2,1H3/t7-,8+,9+,10-/m0/s1. The maximum absolute atomic E-state index is 10.9. The summed E-state index contributed by atoms with van der Waals surface area (Å²) in [5, 5.41) is 8.66. The summed E-state index contributed by atoms with van der Waals surface area (Å²) in [6.07, 6.45) is 4.77. The van der Waals surface area contributed by atoms with Gasteiger partial charge in [0.1, 0.15) is 6.07 Å². The molecular weight excluding hydrogens is 202 g/mol. The molecule has 0 aromatic carbocycles. The molecule has 14 heavy (non-hydrogen) atoms. The minimum Gasteiger partial charge on any atom is -0.442 e. The third-order valence-corrected chi connectivity index (χ3v) is 3.61. The second-order valence-electron chi connectivity index (χ2n) is 3.75. The van der Waals surface area contributed by atoms with Gasteiger partial charge in [-0.05, 0) is 6.42 Å². The number of alkyl halides is 1. The first kappa shape index (κ1) is 9.54. The highest BCUT2D eigenvalue weighted by molar-refractivity contribution is 6.23. The van der Waals surface area contributed by atoms with Crippen molar-refractivity contribution in [2.75, 3.05) is 0 Å². The number of hydrogen-bond donors (Lipinski definition) is 0. The summed E-state index contributed by atoms with van der Waals surface area (Å²) in [6.45, 7) is 1.30. The Bertz CT molecular complexity index is 347. The van der Waals surface area contributed by atoms with Crippen molar-refractivity contribution in [3.05, 3.63) is 12.2 Å². The van der Waals surface area contributed by atoms with Gasteiger partial charge in [0, 0.05) is 18.8 Å². The fourth-order valence-corrected chi connectivity index (χ4v) is 2.86. The number of ether oxygens (including phenoxy) is 1. The Balaban J connectivity index is 2.23. The predicted octanol–water partition coefficient (Wildman–Crippen LogP) is 1.63. The molecule has 1 saturated carbocycles. The summed E-state index contributed by atoms with van der Waals surface area (Å²) >= 11 is 6.07. The van der Waals surface area contributed by atoms with Crippen LogP contribution in [-0.2, 0) is 9.53 Å². The number of carbonyl (C=O) groups excluding carboxylic acids is 1. The van der Waals surface area contributed by atoms with Gasteiger partial charge in [-0.25, -0.2) is 0 Å². The first-order chi connectivity index (χ1) is 6.62. The average molecular weight is 212 g/mol. The molecule has 0 amide bonds. The van der Waals surface area contributed by atoms with Crippen molar-refractivity contribution in [3.63, 3.8) is 0 Å². The molecule has 3 nitrogen and oxygen atoms in total. The second kappa shape index (κ2) is 2.99. The molecule has 0 aliphatic heterocycles. The fourth-order valence-electron chi connectivity index (χ4n) is 2.35. The zero-order valence-corrected chi connectivity index (χ0v) is 8.49. The molecule has 0 unspecified atom stereocenters. The van der Waals surface area contributed by atoms with Crippen LogP contribution in [0.25, 0.3) is 0 Å². The number of fused-ring (bicyclic) bond motifs is 1. The maximum atomic E-state index is 10.9. The summed E-state index contributed by atoms with van der Waals surface area (Å²) in [5.74, 6) is -0.197. The molecule has 4 atom stereocenters. The zero-order valence-electron chi connectivity index (χ0n) is 7.74. The van der Waals surface area contributed by atoms with E-state index in [1.165, 1.54) is 6.92 Å². The smallest absolute Gasteiger partial charge is 0.304 e. The summed E-state index contributed by atoms with van der Waals surface area (Å²) in [7, 11) is 0. The maximum Gasteiger partial charge on any atom is 0.304 e. The quantitative estimate of drug-likeness (QED) is 0.376. The van der Waals surface area contributed by atoms with Gasteiger partial charge in [-0.2, -0.15) is 5.26 Å². The summed E-state index contributed by atoms with van der Waals surface area (Å²) in [4.78, 5) is 10.9. The summed E-state index contributed by atoms with van der Waals surface area (Å²) in [6, 6.07) is 2.05. The molecule has 0 aromatic heterocycles. The molecule has 1 fully saturated rings. The van der Waals surface area contributed by atoms with Crippen molar-refractivity contribution < 1.29 is 9.53 Å². The molecule has 0 spiro atoms. The normalized spacial score (nSPS) is 43.6. The van der Waals surface area contributed by atoms with Crippen molar-refractivity contribution >= 4 is 17.6 Å². The molecular formula is C10H10ClNO2. The van der Waals surface area contributed by atoms with E-state index in [2.05, 4.69) is 6.07 Å². The SMILES string of the molecule is CC(=O)O[C@]1(C#N)[C@H](Cl)[C@H]2C=CC[C@H]21. The van der Waals surface area contributed by atoms with Crippen LogP contribution in [-0.4, -0.2) is 16.9 Å². The van der Waals surface area contributed by atoms with Gasteiger partial charge in [-0.3, -0.25) is 4.79 Å². The van der Waals surface area contributed by atoms with Crippen molar-refractivity contribution in [1.82, 2.24) is 0 Å². The molecule has 2 aliphatic rings. The van der Waals surface area contributed by atoms with Gasteiger partial charge in [0.25, 0.3) is 0 Å². The Morgan fingerprint density at radius 1 is 1.79 bits per heavy atom. The molecule has 0 bridgehead atoms. The van der Waals surface area contributed by atoms with E-state index < -0.39 is 16.9 Å².